The molecule has 0 bridgehead atoms. The molecule has 0 saturated heterocycles. The SMILES string of the molecule is COc1ccc(C2OC(CSc3nc4ccccc4[nH]3)=NN2C(C)=O)c(OC)c1OC. The van der Waals surface area contributed by atoms with Crippen molar-refractivity contribution < 1.29 is 23.7 Å². The van der Waals surface area contributed by atoms with E-state index < -0.39 is 6.23 Å². The minimum Gasteiger partial charge on any atom is -0.493 e. The molecule has 10 heteroatoms. The summed E-state index contributed by atoms with van der Waals surface area (Å²) >= 11 is 1.44. The van der Waals surface area contributed by atoms with Gasteiger partial charge in [-0.2, -0.15) is 5.01 Å². The lowest BCUT2D eigenvalue weighted by atomic mass is 10.1. The summed E-state index contributed by atoms with van der Waals surface area (Å²) in [7, 11) is 4.59. The molecule has 1 aliphatic rings. The molecule has 0 saturated carbocycles. The van der Waals surface area contributed by atoms with E-state index >= 15 is 0 Å². The second-order valence-corrected chi connectivity index (χ2v) is 7.56. The molecule has 1 atom stereocenters. The predicted octanol–water partition coefficient (Wildman–Crippen LogP) is 3.57. The van der Waals surface area contributed by atoms with Gasteiger partial charge in [0.15, 0.2) is 16.7 Å². The van der Waals surface area contributed by atoms with E-state index in [1.165, 1.54) is 37.9 Å². The van der Waals surface area contributed by atoms with Crippen LogP contribution in [0.3, 0.4) is 0 Å². The highest BCUT2D eigenvalue weighted by Crippen LogP contribution is 2.45. The molecule has 9 nitrogen and oxygen atoms in total. The summed E-state index contributed by atoms with van der Waals surface area (Å²) in [5, 5.41) is 6.41. The third-order valence-electron chi connectivity index (χ3n) is 4.71. The summed E-state index contributed by atoms with van der Waals surface area (Å²) in [5.41, 5.74) is 2.44. The van der Waals surface area contributed by atoms with Gasteiger partial charge < -0.3 is 23.9 Å². The fraction of sp³-hybridized carbons (Fsp3) is 0.286. The van der Waals surface area contributed by atoms with Gasteiger partial charge in [-0.3, -0.25) is 4.79 Å². The standard InChI is InChI=1S/C21H22N4O5S/c1-12(26)25-20(13-9-10-16(27-2)19(29-4)18(13)28-3)30-17(24-25)11-31-21-22-14-7-5-6-8-15(14)23-21/h5-10,20H,11H2,1-4H3,(H,22,23). The van der Waals surface area contributed by atoms with Gasteiger partial charge in [-0.25, -0.2) is 4.98 Å². The van der Waals surface area contributed by atoms with Crippen LogP contribution in [-0.2, 0) is 9.53 Å². The number of carbonyl (C=O) groups is 1. The number of methoxy groups -OCH3 is 3. The third-order valence-corrected chi connectivity index (χ3v) is 5.57. The summed E-state index contributed by atoms with van der Waals surface area (Å²) in [6.07, 6.45) is -0.779. The number of ether oxygens (including phenoxy) is 4. The average molecular weight is 442 g/mol. The summed E-state index contributed by atoms with van der Waals surface area (Å²) in [4.78, 5) is 20.1. The van der Waals surface area contributed by atoms with Crippen LogP contribution >= 0.6 is 11.8 Å². The van der Waals surface area contributed by atoms with Crippen LogP contribution in [0.25, 0.3) is 11.0 Å². The molecule has 4 rings (SSSR count). The molecule has 1 aromatic heterocycles. The second kappa shape index (κ2) is 8.76. The molecule has 31 heavy (non-hydrogen) atoms. The summed E-state index contributed by atoms with van der Waals surface area (Å²) in [6.45, 7) is 1.43. The first kappa shape index (κ1) is 20.9. The van der Waals surface area contributed by atoms with E-state index in [0.29, 0.717) is 34.5 Å². The van der Waals surface area contributed by atoms with E-state index in [1.54, 1.807) is 19.2 Å². The first-order valence-corrected chi connectivity index (χ1v) is 10.4. The van der Waals surface area contributed by atoms with Crippen LogP contribution in [0.5, 0.6) is 17.2 Å². The summed E-state index contributed by atoms with van der Waals surface area (Å²) in [5.74, 6) is 1.89. The lowest BCUT2D eigenvalue weighted by molar-refractivity contribution is -0.135. The Morgan fingerprint density at radius 2 is 1.90 bits per heavy atom. The number of hydrogen-bond donors (Lipinski definition) is 1. The fourth-order valence-corrected chi connectivity index (χ4v) is 4.05. The topological polar surface area (TPSA) is 98.3 Å². The Labute approximate surface area is 183 Å². The number of thioether (sulfide) groups is 1. The maximum absolute atomic E-state index is 12.3. The molecular weight excluding hydrogens is 420 g/mol. The van der Waals surface area contributed by atoms with Crippen LogP contribution in [0.15, 0.2) is 46.7 Å². The van der Waals surface area contributed by atoms with Crippen LogP contribution in [0.2, 0.25) is 0 Å². The maximum atomic E-state index is 12.3. The van der Waals surface area contributed by atoms with Crippen LogP contribution < -0.4 is 14.2 Å². The third kappa shape index (κ3) is 3.98. The maximum Gasteiger partial charge on any atom is 0.243 e. The molecule has 2 aromatic carbocycles. The first-order chi connectivity index (χ1) is 15.0. The van der Waals surface area contributed by atoms with Crippen molar-refractivity contribution in [3.63, 3.8) is 0 Å². The Hall–Kier alpha value is -3.40. The minimum absolute atomic E-state index is 0.259. The van der Waals surface area contributed by atoms with Crippen molar-refractivity contribution in [2.75, 3.05) is 27.1 Å². The second-order valence-electron chi connectivity index (χ2n) is 6.60. The number of amides is 1. The van der Waals surface area contributed by atoms with Crippen molar-refractivity contribution in [2.24, 2.45) is 5.10 Å². The number of nitrogens with one attached hydrogen (secondary N) is 1. The highest BCUT2D eigenvalue weighted by Gasteiger charge is 2.36. The molecule has 3 aromatic rings. The van der Waals surface area contributed by atoms with Gasteiger partial charge in [-0.05, 0) is 24.3 Å². The number of H-pyrrole nitrogens is 1. The lowest BCUT2D eigenvalue weighted by Crippen LogP contribution is -2.25. The van der Waals surface area contributed by atoms with Crippen LogP contribution in [0, 0.1) is 0 Å². The van der Waals surface area contributed by atoms with Gasteiger partial charge >= 0.3 is 0 Å². The zero-order chi connectivity index (χ0) is 22.0. The Balaban J connectivity index is 1.57. The molecule has 1 unspecified atom stereocenters. The van der Waals surface area contributed by atoms with E-state index in [0.717, 1.165) is 16.2 Å². The Morgan fingerprint density at radius 3 is 2.58 bits per heavy atom. The number of aromatic nitrogens is 2. The highest BCUT2D eigenvalue weighted by atomic mass is 32.2. The molecule has 1 N–H and O–H groups in total. The number of hydrazone groups is 1. The van der Waals surface area contributed by atoms with E-state index in [2.05, 4.69) is 15.1 Å². The number of fused-ring (bicyclic) bond motifs is 1. The number of para-hydroxylation sites is 2. The van der Waals surface area contributed by atoms with Gasteiger partial charge in [0.25, 0.3) is 0 Å². The lowest BCUT2D eigenvalue weighted by Gasteiger charge is -2.23. The molecule has 1 aliphatic heterocycles. The Bertz CT molecular complexity index is 1110. The molecule has 0 fully saturated rings. The number of nitrogens with zero attached hydrogens (tertiary/aromatic N) is 3. The van der Waals surface area contributed by atoms with Crippen molar-refractivity contribution in [3.05, 3.63) is 42.0 Å². The number of aromatic amines is 1. The molecule has 162 valence electrons. The van der Waals surface area contributed by atoms with E-state index in [9.17, 15) is 4.79 Å². The molecule has 0 spiro atoms. The molecule has 0 radical (unpaired) electrons. The van der Waals surface area contributed by atoms with Gasteiger partial charge in [-0.1, -0.05) is 23.9 Å². The first-order valence-electron chi connectivity index (χ1n) is 9.46. The fourth-order valence-electron chi connectivity index (χ4n) is 3.32. The van der Waals surface area contributed by atoms with Crippen LogP contribution in [-0.4, -0.2) is 53.9 Å². The van der Waals surface area contributed by atoms with Crippen LogP contribution in [0.4, 0.5) is 0 Å². The van der Waals surface area contributed by atoms with Crippen molar-refractivity contribution in [1.82, 2.24) is 15.0 Å². The quantitative estimate of drug-likeness (QED) is 0.559. The van der Waals surface area contributed by atoms with Crippen molar-refractivity contribution >= 4 is 34.6 Å². The van der Waals surface area contributed by atoms with Gasteiger partial charge in [0.05, 0.1) is 43.7 Å². The van der Waals surface area contributed by atoms with Crippen molar-refractivity contribution in [2.45, 2.75) is 18.3 Å². The van der Waals surface area contributed by atoms with Gasteiger partial charge in [0, 0.05) is 6.92 Å². The zero-order valence-corrected chi connectivity index (χ0v) is 18.4. The number of hydrogen-bond acceptors (Lipinski definition) is 8. The van der Waals surface area contributed by atoms with Gasteiger partial charge in [0.2, 0.25) is 23.8 Å². The Morgan fingerprint density at radius 1 is 1.13 bits per heavy atom. The number of benzene rings is 2. The van der Waals surface area contributed by atoms with E-state index in [-0.39, 0.29) is 5.91 Å². The monoisotopic (exact) mass is 442 g/mol. The average Bonchev–Trinajstić information content (AvgIpc) is 3.40. The predicted molar refractivity (Wildman–Crippen MR) is 117 cm³/mol. The van der Waals surface area contributed by atoms with Crippen molar-refractivity contribution in [1.29, 1.82) is 0 Å². The zero-order valence-electron chi connectivity index (χ0n) is 17.5. The number of imidazole rings is 1. The highest BCUT2D eigenvalue weighted by molar-refractivity contribution is 7.99. The van der Waals surface area contributed by atoms with Crippen LogP contribution in [0.1, 0.15) is 18.7 Å². The largest absolute Gasteiger partial charge is 0.493 e. The van der Waals surface area contributed by atoms with E-state index in [4.69, 9.17) is 18.9 Å². The normalized spacial score (nSPS) is 15.5. The molecule has 0 aliphatic carbocycles. The number of carbonyl (C=O) groups excluding carboxylic acids is 1. The minimum atomic E-state index is -0.779. The van der Waals surface area contributed by atoms with Gasteiger partial charge in [0.1, 0.15) is 0 Å². The Kier molecular flexibility index (Phi) is 5.90. The molecule has 2 heterocycles. The number of rotatable bonds is 7. The summed E-state index contributed by atoms with van der Waals surface area (Å²) < 4.78 is 22.4. The molecule has 1 amide bonds. The molecular formula is C21H22N4O5S. The summed E-state index contributed by atoms with van der Waals surface area (Å²) in [6, 6.07) is 11.3. The smallest absolute Gasteiger partial charge is 0.243 e. The van der Waals surface area contributed by atoms with Crippen molar-refractivity contribution in [3.8, 4) is 17.2 Å². The van der Waals surface area contributed by atoms with Gasteiger partial charge in [-0.15, -0.1) is 5.10 Å². The van der Waals surface area contributed by atoms with E-state index in [1.807, 2.05) is 24.3 Å².